The van der Waals surface area contributed by atoms with Crippen molar-refractivity contribution >= 4 is 28.9 Å². The molecule has 0 unspecified atom stereocenters. The van der Waals surface area contributed by atoms with E-state index < -0.39 is 6.10 Å². The lowest BCUT2D eigenvalue weighted by Gasteiger charge is -2.24. The summed E-state index contributed by atoms with van der Waals surface area (Å²) in [6, 6.07) is 12.8. The highest BCUT2D eigenvalue weighted by atomic mass is 35.5. The fourth-order valence-electron chi connectivity index (χ4n) is 3.36. The Morgan fingerprint density at radius 3 is 2.46 bits per heavy atom. The Morgan fingerprint density at radius 1 is 1.04 bits per heavy atom. The maximum Gasteiger partial charge on any atom is 0.0842 e. The zero-order valence-corrected chi connectivity index (χ0v) is 15.7. The predicted molar refractivity (Wildman–Crippen MR) is 104 cm³/mol. The Hall–Kier alpha value is -1.43. The largest absolute Gasteiger partial charge is 0.396 e. The van der Waals surface area contributed by atoms with Crippen molar-refractivity contribution in [3.05, 3.63) is 69.2 Å². The van der Waals surface area contributed by atoms with Crippen molar-refractivity contribution in [2.24, 2.45) is 16.8 Å². The first-order valence-corrected chi connectivity index (χ1v) is 9.29. The molecule has 1 aliphatic rings. The lowest BCUT2D eigenvalue weighted by molar-refractivity contribution is 0.0692. The Bertz CT molecular complexity index is 805. The molecule has 2 aromatic carbocycles. The zero-order chi connectivity index (χ0) is 18.7. The summed E-state index contributed by atoms with van der Waals surface area (Å²) >= 11 is 12.6. The second kappa shape index (κ2) is 8.51. The number of aliphatic hydroxyl groups is 3. The maximum atomic E-state index is 11.0. The van der Waals surface area contributed by atoms with Gasteiger partial charge in [0.05, 0.1) is 11.8 Å². The summed E-state index contributed by atoms with van der Waals surface area (Å²) in [5, 5.41) is 30.9. The molecular weight excluding hydrogens is 373 g/mol. The van der Waals surface area contributed by atoms with Crippen LogP contribution in [0, 0.1) is 11.8 Å². The van der Waals surface area contributed by atoms with Crippen LogP contribution < -0.4 is 0 Å². The molecule has 6 heteroatoms. The van der Waals surface area contributed by atoms with E-state index in [4.69, 9.17) is 28.2 Å². The summed E-state index contributed by atoms with van der Waals surface area (Å²) in [6.07, 6.45) is -0.304. The lowest BCUT2D eigenvalue weighted by atomic mass is 9.86. The molecule has 1 heterocycles. The van der Waals surface area contributed by atoms with Gasteiger partial charge in [-0.2, -0.15) is 0 Å². The summed E-state index contributed by atoms with van der Waals surface area (Å²) in [4.78, 5) is 4.74. The smallest absolute Gasteiger partial charge is 0.0842 e. The first-order chi connectivity index (χ1) is 12.5. The van der Waals surface area contributed by atoms with Crippen LogP contribution in [0.4, 0.5) is 0 Å². The predicted octanol–water partition coefficient (Wildman–Crippen LogP) is 3.48. The van der Waals surface area contributed by atoms with E-state index in [1.165, 1.54) is 0 Å². The van der Waals surface area contributed by atoms with Crippen LogP contribution in [0.15, 0.2) is 47.5 Å². The van der Waals surface area contributed by atoms with Gasteiger partial charge in [-0.05, 0) is 30.2 Å². The number of benzene rings is 2. The standard InChI is InChI=1S/C20H21Cl2NO3/c21-14-5-6-15-17(8-14)19(16-3-1-2-4-18(16)22)23-9-13(20(15)26)7-12(10-24)11-25/h1-6,8,12-13,20,24-26H,7,9-11H2/t13-,20+/m1/s1. The summed E-state index contributed by atoms with van der Waals surface area (Å²) in [5.41, 5.74) is 2.96. The number of hydrogen-bond donors (Lipinski definition) is 3. The van der Waals surface area contributed by atoms with Gasteiger partial charge in [-0.3, -0.25) is 4.99 Å². The molecule has 2 atom stereocenters. The van der Waals surface area contributed by atoms with Crippen molar-refractivity contribution in [3.63, 3.8) is 0 Å². The Morgan fingerprint density at radius 2 is 1.77 bits per heavy atom. The zero-order valence-electron chi connectivity index (χ0n) is 14.1. The average Bonchev–Trinajstić information content (AvgIpc) is 2.77. The van der Waals surface area contributed by atoms with Gasteiger partial charge in [0.25, 0.3) is 0 Å². The third-order valence-corrected chi connectivity index (χ3v) is 5.37. The van der Waals surface area contributed by atoms with Gasteiger partial charge in [0.1, 0.15) is 0 Å². The van der Waals surface area contributed by atoms with Gasteiger partial charge in [-0.25, -0.2) is 0 Å². The number of halogens is 2. The third kappa shape index (κ3) is 3.95. The number of aliphatic imine (C=N–C) groups is 1. The maximum absolute atomic E-state index is 11.0. The molecule has 0 saturated carbocycles. The molecule has 0 saturated heterocycles. The minimum atomic E-state index is -0.772. The number of hydrogen-bond acceptors (Lipinski definition) is 4. The normalized spacial score (nSPS) is 19.8. The van der Waals surface area contributed by atoms with Crippen LogP contribution in [0.2, 0.25) is 10.0 Å². The number of nitrogens with zero attached hydrogens (tertiary/aromatic N) is 1. The van der Waals surface area contributed by atoms with Gasteiger partial charge in [-0.15, -0.1) is 0 Å². The third-order valence-electron chi connectivity index (χ3n) is 4.80. The number of rotatable bonds is 5. The minimum absolute atomic E-state index is 0.131. The highest BCUT2D eigenvalue weighted by Gasteiger charge is 2.30. The monoisotopic (exact) mass is 393 g/mol. The molecule has 4 nitrogen and oxygen atoms in total. The van der Waals surface area contributed by atoms with Crippen molar-refractivity contribution in [2.75, 3.05) is 19.8 Å². The molecule has 2 aromatic rings. The van der Waals surface area contributed by atoms with Gasteiger partial charge < -0.3 is 15.3 Å². The second-order valence-corrected chi connectivity index (χ2v) is 7.42. The van der Waals surface area contributed by atoms with Gasteiger partial charge >= 0.3 is 0 Å². The van der Waals surface area contributed by atoms with E-state index in [0.717, 1.165) is 16.7 Å². The van der Waals surface area contributed by atoms with Crippen molar-refractivity contribution in [1.82, 2.24) is 0 Å². The van der Waals surface area contributed by atoms with Crippen molar-refractivity contribution in [1.29, 1.82) is 0 Å². The quantitative estimate of drug-likeness (QED) is 0.727. The van der Waals surface area contributed by atoms with E-state index in [0.29, 0.717) is 28.7 Å². The first-order valence-electron chi connectivity index (χ1n) is 8.54. The highest BCUT2D eigenvalue weighted by molar-refractivity contribution is 6.36. The van der Waals surface area contributed by atoms with E-state index >= 15 is 0 Å². The van der Waals surface area contributed by atoms with Crippen LogP contribution in [-0.4, -0.2) is 40.8 Å². The fourth-order valence-corrected chi connectivity index (χ4v) is 3.76. The van der Waals surface area contributed by atoms with Gasteiger partial charge in [0, 0.05) is 52.8 Å². The summed E-state index contributed by atoms with van der Waals surface area (Å²) in [5.74, 6) is -0.512. The number of fused-ring (bicyclic) bond motifs is 1. The Labute approximate surface area is 162 Å². The van der Waals surface area contributed by atoms with Gasteiger partial charge in [-0.1, -0.05) is 47.5 Å². The van der Waals surface area contributed by atoms with Gasteiger partial charge in [0.15, 0.2) is 0 Å². The minimum Gasteiger partial charge on any atom is -0.396 e. The van der Waals surface area contributed by atoms with E-state index in [1.54, 1.807) is 24.3 Å². The molecule has 0 spiro atoms. The molecule has 0 aromatic heterocycles. The number of aliphatic hydroxyl groups excluding tert-OH is 3. The molecule has 3 rings (SSSR count). The van der Waals surface area contributed by atoms with Gasteiger partial charge in [0.2, 0.25) is 0 Å². The Balaban J connectivity index is 2.08. The van der Waals surface area contributed by atoms with Crippen LogP contribution in [0.5, 0.6) is 0 Å². The van der Waals surface area contributed by atoms with Crippen molar-refractivity contribution in [3.8, 4) is 0 Å². The molecular formula is C20H21Cl2NO3. The van der Waals surface area contributed by atoms with Crippen LogP contribution in [0.3, 0.4) is 0 Å². The molecule has 0 aliphatic carbocycles. The highest BCUT2D eigenvalue weighted by Crippen LogP contribution is 2.36. The first kappa shape index (κ1) is 19.3. The molecule has 138 valence electrons. The molecule has 0 radical (unpaired) electrons. The fraction of sp³-hybridized carbons (Fsp3) is 0.350. The van der Waals surface area contributed by atoms with Crippen LogP contribution in [0.1, 0.15) is 29.2 Å². The molecule has 0 amide bonds. The lowest BCUT2D eigenvalue weighted by Crippen LogP contribution is -2.22. The molecule has 1 aliphatic heterocycles. The van der Waals surface area contributed by atoms with E-state index in [9.17, 15) is 15.3 Å². The summed E-state index contributed by atoms with van der Waals surface area (Å²) in [7, 11) is 0. The van der Waals surface area contributed by atoms with Crippen LogP contribution in [-0.2, 0) is 0 Å². The van der Waals surface area contributed by atoms with Crippen LogP contribution >= 0.6 is 23.2 Å². The van der Waals surface area contributed by atoms with E-state index in [-0.39, 0.29) is 25.0 Å². The SMILES string of the molecule is OCC(CO)C[C@@H]1CN=C(c2ccccc2Cl)c2cc(Cl)ccc2[C@H]1O. The molecule has 3 N–H and O–H groups in total. The Kier molecular flexibility index (Phi) is 6.33. The average molecular weight is 394 g/mol. The van der Waals surface area contributed by atoms with Crippen molar-refractivity contribution in [2.45, 2.75) is 12.5 Å². The topological polar surface area (TPSA) is 73.0 Å². The van der Waals surface area contributed by atoms with Crippen molar-refractivity contribution < 1.29 is 15.3 Å². The molecule has 0 bridgehead atoms. The van der Waals surface area contributed by atoms with E-state index in [1.807, 2.05) is 18.2 Å². The van der Waals surface area contributed by atoms with Crippen LogP contribution in [0.25, 0.3) is 0 Å². The second-order valence-electron chi connectivity index (χ2n) is 6.57. The molecule has 0 fully saturated rings. The van der Waals surface area contributed by atoms with E-state index in [2.05, 4.69) is 0 Å². The molecule has 26 heavy (non-hydrogen) atoms. The summed E-state index contributed by atoms with van der Waals surface area (Å²) < 4.78 is 0. The summed E-state index contributed by atoms with van der Waals surface area (Å²) in [6.45, 7) is 0.104.